The molecular formula is C28H27FN10O. The highest BCUT2D eigenvalue weighted by atomic mass is 19.1. The molecular weight excluding hydrogens is 511 g/mol. The van der Waals surface area contributed by atoms with E-state index in [2.05, 4.69) is 42.6 Å². The normalized spacial score (nSPS) is 14.8. The van der Waals surface area contributed by atoms with Crippen molar-refractivity contribution in [2.75, 3.05) is 18.0 Å². The van der Waals surface area contributed by atoms with Crippen LogP contribution in [0.1, 0.15) is 36.8 Å². The summed E-state index contributed by atoms with van der Waals surface area (Å²) in [5.74, 6) is -0.422. The molecule has 202 valence electrons. The molecule has 0 aromatic carbocycles. The van der Waals surface area contributed by atoms with Crippen LogP contribution in [0.5, 0.6) is 0 Å². The maximum Gasteiger partial charge on any atom is 0.227 e. The topological polar surface area (TPSA) is 122 Å². The van der Waals surface area contributed by atoms with Gasteiger partial charge in [0.2, 0.25) is 5.91 Å². The van der Waals surface area contributed by atoms with Gasteiger partial charge in [0.1, 0.15) is 11.6 Å². The molecule has 0 radical (unpaired) electrons. The van der Waals surface area contributed by atoms with Crippen LogP contribution in [-0.4, -0.2) is 59.2 Å². The van der Waals surface area contributed by atoms with Crippen molar-refractivity contribution in [1.82, 2.24) is 39.5 Å². The second-order valence-electron chi connectivity index (χ2n) is 10.0. The molecule has 1 N–H and O–H groups in total. The number of piperidine rings is 1. The average Bonchev–Trinajstić information content (AvgIpc) is 3.72. The van der Waals surface area contributed by atoms with E-state index in [-0.39, 0.29) is 11.9 Å². The fourth-order valence-corrected chi connectivity index (χ4v) is 5.11. The van der Waals surface area contributed by atoms with Crippen molar-refractivity contribution < 1.29 is 9.18 Å². The Morgan fingerprint density at radius 2 is 1.90 bits per heavy atom. The summed E-state index contributed by atoms with van der Waals surface area (Å²) >= 11 is 0. The van der Waals surface area contributed by atoms with E-state index in [1.165, 1.54) is 10.9 Å². The molecule has 1 aliphatic heterocycles. The number of amides is 1. The summed E-state index contributed by atoms with van der Waals surface area (Å²) < 4.78 is 18.1. The molecule has 1 amide bonds. The molecule has 0 bridgehead atoms. The number of carbonyl (C=O) groups excluding carboxylic acids is 1. The predicted octanol–water partition coefficient (Wildman–Crippen LogP) is 3.21. The monoisotopic (exact) mass is 538 g/mol. The molecule has 40 heavy (non-hydrogen) atoms. The number of pyridine rings is 2. The van der Waals surface area contributed by atoms with Gasteiger partial charge in [-0.15, -0.1) is 0 Å². The van der Waals surface area contributed by atoms with Crippen LogP contribution in [0.4, 0.5) is 10.1 Å². The summed E-state index contributed by atoms with van der Waals surface area (Å²) in [5.41, 5.74) is 4.94. The van der Waals surface area contributed by atoms with Crippen molar-refractivity contribution in [3.63, 3.8) is 0 Å². The summed E-state index contributed by atoms with van der Waals surface area (Å²) in [4.78, 5) is 19.7. The van der Waals surface area contributed by atoms with E-state index in [0.717, 1.165) is 60.0 Å². The van der Waals surface area contributed by atoms with Gasteiger partial charge >= 0.3 is 0 Å². The number of aryl methyl sites for hydroxylation is 1. The smallest absolute Gasteiger partial charge is 0.227 e. The largest absolute Gasteiger partial charge is 0.370 e. The lowest BCUT2D eigenvalue weighted by molar-refractivity contribution is -0.123. The number of fused-ring (bicyclic) bond motifs is 1. The highest BCUT2D eigenvalue weighted by molar-refractivity contribution is 5.84. The van der Waals surface area contributed by atoms with Gasteiger partial charge in [0.25, 0.3) is 0 Å². The van der Waals surface area contributed by atoms with Crippen molar-refractivity contribution in [1.29, 1.82) is 5.26 Å². The Labute approximate surface area is 229 Å². The second-order valence-corrected chi connectivity index (χ2v) is 10.0. The van der Waals surface area contributed by atoms with E-state index in [1.54, 1.807) is 27.7 Å². The maximum atomic E-state index is 13.3. The quantitative estimate of drug-likeness (QED) is 0.352. The van der Waals surface area contributed by atoms with Gasteiger partial charge in [0.05, 0.1) is 42.0 Å². The van der Waals surface area contributed by atoms with Gasteiger partial charge in [-0.1, -0.05) is 6.07 Å². The van der Waals surface area contributed by atoms with Crippen molar-refractivity contribution in [3.8, 4) is 23.0 Å². The highest BCUT2D eigenvalue weighted by Gasteiger charge is 2.26. The Kier molecular flexibility index (Phi) is 6.47. The number of nitrogens with one attached hydrogen (secondary N) is 1. The molecule has 5 aromatic heterocycles. The minimum absolute atomic E-state index is 0.0309. The van der Waals surface area contributed by atoms with E-state index in [1.807, 2.05) is 38.6 Å². The van der Waals surface area contributed by atoms with Crippen LogP contribution in [0.25, 0.3) is 22.5 Å². The van der Waals surface area contributed by atoms with E-state index in [9.17, 15) is 14.4 Å². The van der Waals surface area contributed by atoms with E-state index in [4.69, 9.17) is 0 Å². The standard InChI is InChI=1S/C28H27FN10O/c1-18(19-3-4-26(31-11-19)38-17-23(29)14-34-38)28(40)35-24-5-7-37(8-6-24)25-9-20(22-13-32-36(2)15-22)16-39-27(25)21(10-30)12-33-39/h3-4,9,11-18,24H,5-8H2,1-2H3,(H,35,40). The Morgan fingerprint density at radius 3 is 2.55 bits per heavy atom. The van der Waals surface area contributed by atoms with Crippen molar-refractivity contribution in [2.24, 2.45) is 7.05 Å². The number of anilines is 1. The molecule has 0 aliphatic carbocycles. The summed E-state index contributed by atoms with van der Waals surface area (Å²) in [6.07, 6.45) is 12.8. The number of aromatic nitrogens is 7. The van der Waals surface area contributed by atoms with E-state index >= 15 is 0 Å². The van der Waals surface area contributed by atoms with Gasteiger partial charge in [0.15, 0.2) is 11.6 Å². The third-order valence-electron chi connectivity index (χ3n) is 7.38. The third kappa shape index (κ3) is 4.77. The molecule has 1 aliphatic rings. The molecule has 6 heterocycles. The fourth-order valence-electron chi connectivity index (χ4n) is 5.11. The summed E-state index contributed by atoms with van der Waals surface area (Å²) in [6, 6.07) is 7.91. The predicted molar refractivity (Wildman–Crippen MR) is 145 cm³/mol. The van der Waals surface area contributed by atoms with Crippen LogP contribution in [0.15, 0.2) is 61.6 Å². The third-order valence-corrected chi connectivity index (χ3v) is 7.38. The number of halogens is 1. The maximum absolute atomic E-state index is 13.3. The number of hydrogen-bond acceptors (Lipinski definition) is 7. The zero-order valence-electron chi connectivity index (χ0n) is 22.1. The summed E-state index contributed by atoms with van der Waals surface area (Å²) in [7, 11) is 1.87. The molecule has 5 aromatic rings. The molecule has 0 saturated carbocycles. The lowest BCUT2D eigenvalue weighted by Gasteiger charge is -2.35. The zero-order chi connectivity index (χ0) is 27.8. The van der Waals surface area contributed by atoms with Crippen LogP contribution in [0.3, 0.4) is 0 Å². The number of hydrogen-bond donors (Lipinski definition) is 1. The van der Waals surface area contributed by atoms with Crippen molar-refractivity contribution in [2.45, 2.75) is 31.7 Å². The van der Waals surface area contributed by atoms with Crippen molar-refractivity contribution in [3.05, 3.63) is 78.5 Å². The minimum Gasteiger partial charge on any atom is -0.370 e. The molecule has 0 spiro atoms. The summed E-state index contributed by atoms with van der Waals surface area (Å²) in [6.45, 7) is 3.29. The van der Waals surface area contributed by atoms with Gasteiger partial charge in [-0.3, -0.25) is 9.48 Å². The highest BCUT2D eigenvalue weighted by Crippen LogP contribution is 2.32. The zero-order valence-corrected chi connectivity index (χ0v) is 22.1. The molecule has 1 saturated heterocycles. The van der Waals surface area contributed by atoms with Crippen LogP contribution in [0, 0.1) is 17.1 Å². The van der Waals surface area contributed by atoms with Gasteiger partial charge in [-0.25, -0.2) is 18.6 Å². The van der Waals surface area contributed by atoms with Gasteiger partial charge in [-0.05, 0) is 37.5 Å². The summed E-state index contributed by atoms with van der Waals surface area (Å²) in [5, 5.41) is 25.5. The average molecular weight is 539 g/mol. The molecule has 1 unspecified atom stereocenters. The Balaban J connectivity index is 1.14. The van der Waals surface area contributed by atoms with Crippen LogP contribution in [0.2, 0.25) is 0 Å². The lowest BCUT2D eigenvalue weighted by atomic mass is 9.99. The first kappa shape index (κ1) is 25.2. The van der Waals surface area contributed by atoms with Crippen LogP contribution >= 0.6 is 0 Å². The first-order chi connectivity index (χ1) is 19.4. The second kappa shape index (κ2) is 10.3. The molecule has 1 atom stereocenters. The SMILES string of the molecule is CC(C(=O)NC1CCN(c2cc(-c3cnn(C)c3)cn3ncc(C#N)c23)CC1)c1ccc(-n2cc(F)cn2)nc1. The van der Waals surface area contributed by atoms with Gasteiger partial charge < -0.3 is 10.2 Å². The molecule has 11 nitrogen and oxygen atoms in total. The van der Waals surface area contributed by atoms with Gasteiger partial charge in [-0.2, -0.15) is 20.6 Å². The Hall–Kier alpha value is -5.05. The lowest BCUT2D eigenvalue weighted by Crippen LogP contribution is -2.45. The first-order valence-electron chi connectivity index (χ1n) is 13.0. The Bertz CT molecular complexity index is 1720. The molecule has 6 rings (SSSR count). The fraction of sp³-hybridized carbons (Fsp3) is 0.286. The van der Waals surface area contributed by atoms with Crippen LogP contribution in [-0.2, 0) is 11.8 Å². The van der Waals surface area contributed by atoms with Crippen molar-refractivity contribution >= 4 is 17.1 Å². The molecule has 1 fully saturated rings. The van der Waals surface area contributed by atoms with E-state index < -0.39 is 11.7 Å². The first-order valence-corrected chi connectivity index (χ1v) is 13.0. The molecule has 12 heteroatoms. The number of rotatable bonds is 6. The van der Waals surface area contributed by atoms with E-state index in [0.29, 0.717) is 11.4 Å². The number of nitrogens with zero attached hydrogens (tertiary/aromatic N) is 9. The number of carbonyl (C=O) groups is 1. The minimum atomic E-state index is -0.439. The Morgan fingerprint density at radius 1 is 1.07 bits per heavy atom. The van der Waals surface area contributed by atoms with Gasteiger partial charge in [0, 0.05) is 55.9 Å². The number of nitriles is 1. The van der Waals surface area contributed by atoms with Crippen LogP contribution < -0.4 is 10.2 Å².